The summed E-state index contributed by atoms with van der Waals surface area (Å²) in [6, 6.07) is 0.459. The number of hydrogen-bond acceptors (Lipinski definition) is 2. The molecule has 1 unspecified atom stereocenters. The Bertz CT molecular complexity index is 354. The summed E-state index contributed by atoms with van der Waals surface area (Å²) < 4.78 is 0. The number of ketones is 1. The van der Waals surface area contributed by atoms with Crippen LogP contribution in [0.15, 0.2) is 11.3 Å². The van der Waals surface area contributed by atoms with Crippen molar-refractivity contribution in [2.24, 2.45) is 17.3 Å². The fraction of sp³-hybridized carbons (Fsp3) is 0.786. The molecule has 0 radical (unpaired) electrons. The Morgan fingerprint density at radius 1 is 1.56 bits per heavy atom. The fourth-order valence-electron chi connectivity index (χ4n) is 3.17. The average molecular weight is 221 g/mol. The molecule has 2 nitrogen and oxygen atoms in total. The van der Waals surface area contributed by atoms with Crippen LogP contribution in [0.5, 0.6) is 0 Å². The quantitative estimate of drug-likeness (QED) is 0.742. The van der Waals surface area contributed by atoms with Gasteiger partial charge in [-0.15, -0.1) is 0 Å². The van der Waals surface area contributed by atoms with Gasteiger partial charge in [-0.3, -0.25) is 4.79 Å². The molecule has 2 rings (SSSR count). The Morgan fingerprint density at radius 3 is 2.69 bits per heavy atom. The van der Waals surface area contributed by atoms with E-state index in [0.717, 1.165) is 24.1 Å². The van der Waals surface area contributed by atoms with E-state index in [4.69, 9.17) is 0 Å². The summed E-state index contributed by atoms with van der Waals surface area (Å²) in [4.78, 5) is 11.9. The maximum Gasteiger partial charge on any atom is 0.161 e. The van der Waals surface area contributed by atoms with Crippen molar-refractivity contribution in [2.45, 2.75) is 53.5 Å². The summed E-state index contributed by atoms with van der Waals surface area (Å²) in [6.45, 7) is 11.0. The van der Waals surface area contributed by atoms with Crippen LogP contribution < -0.4 is 5.32 Å². The molecule has 0 saturated heterocycles. The maximum atomic E-state index is 11.9. The van der Waals surface area contributed by atoms with Crippen molar-refractivity contribution in [3.63, 3.8) is 0 Å². The molecule has 2 aliphatic rings. The third kappa shape index (κ3) is 1.59. The van der Waals surface area contributed by atoms with E-state index in [1.54, 1.807) is 0 Å². The van der Waals surface area contributed by atoms with E-state index in [1.807, 2.05) is 0 Å². The summed E-state index contributed by atoms with van der Waals surface area (Å²) in [5.41, 5.74) is 2.58. The minimum atomic E-state index is 0.363. The number of nitrogens with one attached hydrogen (secondary N) is 1. The van der Waals surface area contributed by atoms with Crippen LogP contribution in [-0.2, 0) is 4.79 Å². The zero-order valence-corrected chi connectivity index (χ0v) is 11.1. The molecule has 0 spiro atoms. The summed E-state index contributed by atoms with van der Waals surface area (Å²) in [5.74, 6) is 1.52. The Labute approximate surface area is 98.5 Å². The molecule has 0 aromatic heterocycles. The van der Waals surface area contributed by atoms with Crippen molar-refractivity contribution in [1.82, 2.24) is 5.32 Å². The minimum Gasteiger partial charge on any atom is -0.386 e. The van der Waals surface area contributed by atoms with Gasteiger partial charge in [-0.25, -0.2) is 0 Å². The summed E-state index contributed by atoms with van der Waals surface area (Å²) in [6.07, 6.45) is 1.86. The molecular formula is C14H23NO. The molecule has 3 atom stereocenters. The highest BCUT2D eigenvalue weighted by Crippen LogP contribution is 2.68. The Kier molecular flexibility index (Phi) is 2.64. The molecule has 2 aliphatic carbocycles. The van der Waals surface area contributed by atoms with Crippen LogP contribution in [0.1, 0.15) is 47.5 Å². The number of rotatable bonds is 3. The first kappa shape index (κ1) is 11.7. The van der Waals surface area contributed by atoms with E-state index in [2.05, 4.69) is 39.9 Å². The highest BCUT2D eigenvalue weighted by atomic mass is 16.1. The van der Waals surface area contributed by atoms with Crippen LogP contribution in [0.4, 0.5) is 0 Å². The van der Waals surface area contributed by atoms with Gasteiger partial charge in [-0.2, -0.15) is 0 Å². The molecule has 2 heteroatoms. The predicted octanol–water partition coefficient (Wildman–Crippen LogP) is 2.89. The van der Waals surface area contributed by atoms with E-state index in [-0.39, 0.29) is 0 Å². The fourth-order valence-corrected chi connectivity index (χ4v) is 3.17. The summed E-state index contributed by atoms with van der Waals surface area (Å²) in [7, 11) is 0. The van der Waals surface area contributed by atoms with Gasteiger partial charge in [-0.05, 0) is 37.5 Å². The van der Waals surface area contributed by atoms with Crippen LogP contribution in [0.25, 0.3) is 0 Å². The smallest absolute Gasteiger partial charge is 0.161 e. The molecule has 16 heavy (non-hydrogen) atoms. The van der Waals surface area contributed by atoms with Crippen LogP contribution in [-0.4, -0.2) is 11.8 Å². The molecule has 0 aromatic rings. The zero-order chi connectivity index (χ0) is 12.1. The lowest BCUT2D eigenvalue weighted by Crippen LogP contribution is -2.26. The van der Waals surface area contributed by atoms with Gasteiger partial charge in [0.2, 0.25) is 0 Å². The molecule has 0 heterocycles. The van der Waals surface area contributed by atoms with Crippen LogP contribution in [0.3, 0.4) is 0 Å². The summed E-state index contributed by atoms with van der Waals surface area (Å²) >= 11 is 0. The number of allylic oxidation sites excluding steroid dienone is 2. The summed E-state index contributed by atoms with van der Waals surface area (Å²) in [5, 5.41) is 3.46. The monoisotopic (exact) mass is 221 g/mol. The van der Waals surface area contributed by atoms with Crippen molar-refractivity contribution in [2.75, 3.05) is 0 Å². The Hall–Kier alpha value is -0.790. The third-order valence-corrected chi connectivity index (χ3v) is 4.55. The van der Waals surface area contributed by atoms with Crippen LogP contribution >= 0.6 is 0 Å². The average Bonchev–Trinajstić information content (AvgIpc) is 2.61. The number of carbonyl (C=O) groups excluding carboxylic acids is 1. The third-order valence-electron chi connectivity index (χ3n) is 4.55. The first-order valence-electron chi connectivity index (χ1n) is 6.40. The van der Waals surface area contributed by atoms with Crippen molar-refractivity contribution < 1.29 is 4.79 Å². The van der Waals surface area contributed by atoms with Gasteiger partial charge in [0, 0.05) is 23.7 Å². The lowest BCUT2D eigenvalue weighted by Gasteiger charge is -2.18. The van der Waals surface area contributed by atoms with E-state index in [9.17, 15) is 4.79 Å². The number of fused-ring (bicyclic) bond motifs is 1. The highest BCUT2D eigenvalue weighted by molar-refractivity contribution is 6.01. The molecule has 1 N–H and O–H groups in total. The topological polar surface area (TPSA) is 29.1 Å². The highest BCUT2D eigenvalue weighted by Gasteiger charge is 2.65. The Morgan fingerprint density at radius 2 is 2.19 bits per heavy atom. The molecule has 90 valence electrons. The van der Waals surface area contributed by atoms with E-state index in [1.165, 1.54) is 0 Å². The lowest BCUT2D eigenvalue weighted by atomic mass is 9.95. The second-order valence-electron chi connectivity index (χ2n) is 6.03. The molecule has 2 saturated carbocycles. The van der Waals surface area contributed by atoms with E-state index in [0.29, 0.717) is 29.1 Å². The van der Waals surface area contributed by atoms with Crippen LogP contribution in [0.2, 0.25) is 0 Å². The van der Waals surface area contributed by atoms with Crippen LogP contribution in [0, 0.1) is 17.3 Å². The molecule has 2 fully saturated rings. The minimum absolute atomic E-state index is 0.363. The van der Waals surface area contributed by atoms with E-state index < -0.39 is 0 Å². The normalized spacial score (nSPS) is 35.7. The molecular weight excluding hydrogens is 198 g/mol. The largest absolute Gasteiger partial charge is 0.386 e. The van der Waals surface area contributed by atoms with Crippen molar-refractivity contribution in [3.05, 3.63) is 11.3 Å². The van der Waals surface area contributed by atoms with Crippen molar-refractivity contribution in [1.29, 1.82) is 0 Å². The van der Waals surface area contributed by atoms with Crippen molar-refractivity contribution in [3.8, 4) is 0 Å². The lowest BCUT2D eigenvalue weighted by molar-refractivity contribution is -0.115. The first-order chi connectivity index (χ1) is 7.39. The zero-order valence-electron chi connectivity index (χ0n) is 11.1. The molecule has 0 aromatic carbocycles. The standard InChI is InChI=1S/C14H23NO/c1-6-8(2)15-9(3)12-11(16)7-10-13(12)14(10,4)5/h8,10,13,15H,6-7H2,1-5H3/b12-9+/t8?,10-,13-/m1/s1. The van der Waals surface area contributed by atoms with Gasteiger partial charge in [0.15, 0.2) is 5.78 Å². The molecule has 0 amide bonds. The van der Waals surface area contributed by atoms with Gasteiger partial charge in [0.05, 0.1) is 0 Å². The van der Waals surface area contributed by atoms with E-state index >= 15 is 0 Å². The second kappa shape index (κ2) is 3.61. The van der Waals surface area contributed by atoms with Gasteiger partial charge >= 0.3 is 0 Å². The SMILES string of the molecule is CCC(C)N/C(C)=C1\C(=O)C[C@@H]2[C@H]1C2(C)C. The number of Topliss-reactive ketones (excluding diaryl/α,β-unsaturated/α-hetero) is 1. The van der Waals surface area contributed by atoms with Gasteiger partial charge < -0.3 is 5.32 Å². The Balaban J connectivity index is 2.19. The number of carbonyl (C=O) groups is 1. The van der Waals surface area contributed by atoms with Gasteiger partial charge in [-0.1, -0.05) is 20.8 Å². The van der Waals surface area contributed by atoms with Gasteiger partial charge in [0.25, 0.3) is 0 Å². The maximum absolute atomic E-state index is 11.9. The van der Waals surface area contributed by atoms with Gasteiger partial charge in [0.1, 0.15) is 0 Å². The predicted molar refractivity (Wildman–Crippen MR) is 66.0 cm³/mol. The molecule has 0 bridgehead atoms. The molecule has 0 aliphatic heterocycles. The van der Waals surface area contributed by atoms with Crippen molar-refractivity contribution >= 4 is 5.78 Å². The first-order valence-corrected chi connectivity index (χ1v) is 6.40. The second-order valence-corrected chi connectivity index (χ2v) is 6.03. The number of hydrogen-bond donors (Lipinski definition) is 1.